The fourth-order valence-corrected chi connectivity index (χ4v) is 2.56. The highest BCUT2D eigenvalue weighted by Gasteiger charge is 2.00. The molecule has 0 saturated heterocycles. The molecule has 0 aliphatic rings. The number of nitriles is 1. The largest absolute Gasteiger partial charge is 0.481 e. The lowest BCUT2D eigenvalue weighted by Gasteiger charge is -2.05. The number of aryl methyl sites for hydroxylation is 1. The maximum Gasteiger partial charge on any atom is 0.303 e. The molecule has 0 radical (unpaired) electrons. The standard InChI is InChI=1S/C20H21NO2/c21-15-17-9-13-19(14-10-17)18-11-7-16(8-12-18)5-3-1-2-4-6-20(22)23/h7-14H,1-6H2,(H,22,23). The van der Waals surface area contributed by atoms with E-state index in [9.17, 15) is 4.79 Å². The summed E-state index contributed by atoms with van der Waals surface area (Å²) in [5.74, 6) is -0.705. The minimum Gasteiger partial charge on any atom is -0.481 e. The number of benzene rings is 2. The Balaban J connectivity index is 1.80. The normalized spacial score (nSPS) is 10.2. The van der Waals surface area contributed by atoms with Gasteiger partial charge in [0.15, 0.2) is 0 Å². The summed E-state index contributed by atoms with van der Waals surface area (Å²) in [7, 11) is 0. The fraction of sp³-hybridized carbons (Fsp3) is 0.300. The monoisotopic (exact) mass is 307 g/mol. The number of carboxylic acid groups (broad SMARTS) is 1. The number of hydrogen-bond donors (Lipinski definition) is 1. The molecule has 0 amide bonds. The summed E-state index contributed by atoms with van der Waals surface area (Å²) < 4.78 is 0. The van der Waals surface area contributed by atoms with Crippen molar-refractivity contribution in [2.24, 2.45) is 0 Å². The molecule has 0 unspecified atom stereocenters. The number of hydrogen-bond acceptors (Lipinski definition) is 2. The molecule has 0 bridgehead atoms. The van der Waals surface area contributed by atoms with Crippen LogP contribution < -0.4 is 0 Å². The van der Waals surface area contributed by atoms with Crippen molar-refractivity contribution >= 4 is 5.97 Å². The first kappa shape index (κ1) is 16.8. The Morgan fingerprint density at radius 3 is 2.00 bits per heavy atom. The number of nitrogens with zero attached hydrogens (tertiary/aromatic N) is 1. The number of rotatable bonds is 8. The Morgan fingerprint density at radius 2 is 1.43 bits per heavy atom. The highest BCUT2D eigenvalue weighted by atomic mass is 16.4. The van der Waals surface area contributed by atoms with Gasteiger partial charge in [-0.05, 0) is 48.1 Å². The second-order valence-electron chi connectivity index (χ2n) is 5.69. The molecule has 0 atom stereocenters. The van der Waals surface area contributed by atoms with E-state index in [4.69, 9.17) is 10.4 Å². The van der Waals surface area contributed by atoms with Crippen LogP contribution in [0.15, 0.2) is 48.5 Å². The van der Waals surface area contributed by atoms with E-state index in [2.05, 4.69) is 30.3 Å². The second kappa shape index (κ2) is 8.75. The van der Waals surface area contributed by atoms with Crippen molar-refractivity contribution in [3.63, 3.8) is 0 Å². The summed E-state index contributed by atoms with van der Waals surface area (Å²) in [6, 6.07) is 18.2. The van der Waals surface area contributed by atoms with Gasteiger partial charge in [-0.2, -0.15) is 5.26 Å². The second-order valence-corrected chi connectivity index (χ2v) is 5.69. The smallest absolute Gasteiger partial charge is 0.303 e. The van der Waals surface area contributed by atoms with Crippen molar-refractivity contribution in [1.29, 1.82) is 5.26 Å². The van der Waals surface area contributed by atoms with Gasteiger partial charge in [0.25, 0.3) is 0 Å². The Morgan fingerprint density at radius 1 is 0.870 bits per heavy atom. The minimum absolute atomic E-state index is 0.277. The van der Waals surface area contributed by atoms with Crippen molar-refractivity contribution in [3.05, 3.63) is 59.7 Å². The van der Waals surface area contributed by atoms with Crippen LogP contribution in [0, 0.1) is 11.3 Å². The third-order valence-electron chi connectivity index (χ3n) is 3.91. The molecule has 0 heterocycles. The predicted octanol–water partition coefficient (Wildman–Crippen LogP) is 4.80. The third kappa shape index (κ3) is 5.60. The molecule has 0 saturated carbocycles. The summed E-state index contributed by atoms with van der Waals surface area (Å²) >= 11 is 0. The van der Waals surface area contributed by atoms with Crippen LogP contribution in [0.1, 0.15) is 43.2 Å². The predicted molar refractivity (Wildman–Crippen MR) is 91.0 cm³/mol. The summed E-state index contributed by atoms with van der Waals surface area (Å²) in [5.41, 5.74) is 4.25. The molecule has 0 fully saturated rings. The Bertz CT molecular complexity index is 666. The van der Waals surface area contributed by atoms with E-state index < -0.39 is 5.97 Å². The number of aliphatic carboxylic acids is 1. The average Bonchev–Trinajstić information content (AvgIpc) is 2.58. The highest BCUT2D eigenvalue weighted by Crippen LogP contribution is 2.21. The zero-order chi connectivity index (χ0) is 16.5. The fourth-order valence-electron chi connectivity index (χ4n) is 2.56. The van der Waals surface area contributed by atoms with Gasteiger partial charge in [0.2, 0.25) is 0 Å². The van der Waals surface area contributed by atoms with Gasteiger partial charge in [-0.25, -0.2) is 0 Å². The summed E-state index contributed by atoms with van der Waals surface area (Å²) in [5, 5.41) is 17.4. The van der Waals surface area contributed by atoms with Crippen LogP contribution in [-0.2, 0) is 11.2 Å². The highest BCUT2D eigenvalue weighted by molar-refractivity contribution is 5.66. The number of carboxylic acids is 1. The molecular formula is C20H21NO2. The maximum absolute atomic E-state index is 10.4. The lowest BCUT2D eigenvalue weighted by atomic mass is 10.0. The van der Waals surface area contributed by atoms with E-state index in [-0.39, 0.29) is 6.42 Å². The first-order chi connectivity index (χ1) is 11.2. The quantitative estimate of drug-likeness (QED) is 0.712. The van der Waals surface area contributed by atoms with Gasteiger partial charge in [-0.1, -0.05) is 49.2 Å². The van der Waals surface area contributed by atoms with E-state index in [0.717, 1.165) is 43.2 Å². The van der Waals surface area contributed by atoms with Gasteiger partial charge in [-0.3, -0.25) is 4.79 Å². The molecule has 3 heteroatoms. The van der Waals surface area contributed by atoms with Crippen molar-refractivity contribution in [2.75, 3.05) is 0 Å². The summed E-state index contributed by atoms with van der Waals surface area (Å²) in [4.78, 5) is 10.4. The molecule has 2 aromatic rings. The van der Waals surface area contributed by atoms with E-state index in [1.165, 1.54) is 5.56 Å². The van der Waals surface area contributed by atoms with Crippen LogP contribution >= 0.6 is 0 Å². The molecule has 3 nitrogen and oxygen atoms in total. The van der Waals surface area contributed by atoms with Gasteiger partial charge in [0, 0.05) is 6.42 Å². The SMILES string of the molecule is N#Cc1ccc(-c2ccc(CCCCCCC(=O)O)cc2)cc1. The van der Waals surface area contributed by atoms with Gasteiger partial charge < -0.3 is 5.11 Å². The Hall–Kier alpha value is -2.60. The molecule has 0 aromatic heterocycles. The third-order valence-corrected chi connectivity index (χ3v) is 3.91. The van der Waals surface area contributed by atoms with Crippen molar-refractivity contribution in [2.45, 2.75) is 38.5 Å². The average molecular weight is 307 g/mol. The lowest BCUT2D eigenvalue weighted by Crippen LogP contribution is -1.94. The van der Waals surface area contributed by atoms with Crippen LogP contribution in [-0.4, -0.2) is 11.1 Å². The van der Waals surface area contributed by atoms with Crippen LogP contribution in [0.4, 0.5) is 0 Å². The van der Waals surface area contributed by atoms with E-state index >= 15 is 0 Å². The first-order valence-electron chi connectivity index (χ1n) is 8.00. The molecule has 0 spiro atoms. The van der Waals surface area contributed by atoms with Crippen LogP contribution in [0.5, 0.6) is 0 Å². The van der Waals surface area contributed by atoms with Gasteiger partial charge in [0.05, 0.1) is 11.6 Å². The van der Waals surface area contributed by atoms with E-state index in [1.807, 2.05) is 24.3 Å². The first-order valence-corrected chi connectivity index (χ1v) is 8.00. The molecule has 0 aliphatic carbocycles. The van der Waals surface area contributed by atoms with Crippen LogP contribution in [0.25, 0.3) is 11.1 Å². The molecule has 1 N–H and O–H groups in total. The zero-order valence-electron chi connectivity index (χ0n) is 13.2. The molecule has 0 aliphatic heterocycles. The number of unbranched alkanes of at least 4 members (excludes halogenated alkanes) is 3. The molecular weight excluding hydrogens is 286 g/mol. The Kier molecular flexibility index (Phi) is 6.38. The molecule has 23 heavy (non-hydrogen) atoms. The van der Waals surface area contributed by atoms with Gasteiger partial charge in [0.1, 0.15) is 0 Å². The molecule has 2 rings (SSSR count). The van der Waals surface area contributed by atoms with Crippen LogP contribution in [0.3, 0.4) is 0 Å². The summed E-state index contributed by atoms with van der Waals surface area (Å²) in [6.07, 6.45) is 5.23. The van der Waals surface area contributed by atoms with Crippen molar-refractivity contribution < 1.29 is 9.90 Å². The zero-order valence-corrected chi connectivity index (χ0v) is 13.2. The van der Waals surface area contributed by atoms with Crippen molar-refractivity contribution in [3.8, 4) is 17.2 Å². The lowest BCUT2D eigenvalue weighted by molar-refractivity contribution is -0.137. The molecule has 118 valence electrons. The topological polar surface area (TPSA) is 61.1 Å². The van der Waals surface area contributed by atoms with Crippen molar-refractivity contribution in [1.82, 2.24) is 0 Å². The van der Waals surface area contributed by atoms with E-state index in [0.29, 0.717) is 5.56 Å². The molecule has 2 aromatic carbocycles. The number of carbonyl (C=O) groups is 1. The van der Waals surface area contributed by atoms with Gasteiger partial charge >= 0.3 is 5.97 Å². The maximum atomic E-state index is 10.4. The van der Waals surface area contributed by atoms with Gasteiger partial charge in [-0.15, -0.1) is 0 Å². The summed E-state index contributed by atoms with van der Waals surface area (Å²) in [6.45, 7) is 0. The minimum atomic E-state index is -0.705. The van der Waals surface area contributed by atoms with Crippen LogP contribution in [0.2, 0.25) is 0 Å². The Labute approximate surface area is 137 Å². The van der Waals surface area contributed by atoms with E-state index in [1.54, 1.807) is 0 Å².